The minimum Gasteiger partial charge on any atom is -0.396 e. The molecule has 1 aliphatic carbocycles. The van der Waals surface area contributed by atoms with E-state index in [9.17, 15) is 14.7 Å². The van der Waals surface area contributed by atoms with Gasteiger partial charge in [0.2, 0.25) is 6.41 Å². The van der Waals surface area contributed by atoms with Gasteiger partial charge in [-0.1, -0.05) is 19.3 Å². The third-order valence-electron chi connectivity index (χ3n) is 4.08. The van der Waals surface area contributed by atoms with Gasteiger partial charge in [0.15, 0.2) is 0 Å². The van der Waals surface area contributed by atoms with Gasteiger partial charge in [-0.05, 0) is 37.1 Å². The zero-order chi connectivity index (χ0) is 15.1. The van der Waals surface area contributed by atoms with Gasteiger partial charge in [-0.2, -0.15) is 0 Å². The van der Waals surface area contributed by atoms with Crippen LogP contribution in [0.1, 0.15) is 42.5 Å². The fourth-order valence-electron chi connectivity index (χ4n) is 2.83. The Bertz CT molecular complexity index is 473. The summed E-state index contributed by atoms with van der Waals surface area (Å²) in [5.74, 6) is 0.0189. The van der Waals surface area contributed by atoms with Crippen molar-refractivity contribution in [1.82, 2.24) is 5.32 Å². The molecular weight excluding hydrogens is 268 g/mol. The van der Waals surface area contributed by atoms with E-state index in [1.54, 1.807) is 24.3 Å². The highest BCUT2D eigenvalue weighted by Crippen LogP contribution is 2.23. The van der Waals surface area contributed by atoms with Crippen LogP contribution >= 0.6 is 0 Å². The summed E-state index contributed by atoms with van der Waals surface area (Å²) in [6.45, 7) is 0.118. The molecule has 0 radical (unpaired) electrons. The number of amides is 2. The molecule has 0 bridgehead atoms. The lowest BCUT2D eigenvalue weighted by Gasteiger charge is -2.24. The number of aliphatic hydroxyl groups is 1. The standard InChI is InChI=1S/C16H22N2O3/c19-10-13-4-2-1-3-5-15(13)18-16(21)12-6-8-14(9-7-12)17-11-20/h6-9,11,13,15,19H,1-5,10H2,(H,17,20)(H,18,21). The van der Waals surface area contributed by atoms with Crippen LogP contribution in [0.4, 0.5) is 5.69 Å². The molecule has 1 fully saturated rings. The second-order valence-electron chi connectivity index (χ2n) is 5.50. The molecule has 0 aromatic heterocycles. The number of carbonyl (C=O) groups excluding carboxylic acids is 2. The Balaban J connectivity index is 2.00. The molecule has 2 unspecified atom stereocenters. The number of hydrogen-bond donors (Lipinski definition) is 3. The molecule has 1 aromatic rings. The number of aliphatic hydroxyl groups excluding tert-OH is 1. The van der Waals surface area contributed by atoms with Crippen molar-refractivity contribution in [3.63, 3.8) is 0 Å². The van der Waals surface area contributed by atoms with Gasteiger partial charge in [-0.25, -0.2) is 0 Å². The first-order valence-electron chi connectivity index (χ1n) is 7.46. The molecule has 0 spiro atoms. The molecule has 21 heavy (non-hydrogen) atoms. The Hall–Kier alpha value is -1.88. The maximum atomic E-state index is 12.3. The van der Waals surface area contributed by atoms with Crippen LogP contribution in [-0.2, 0) is 4.79 Å². The van der Waals surface area contributed by atoms with Gasteiger partial charge in [0, 0.05) is 29.8 Å². The van der Waals surface area contributed by atoms with E-state index in [0.717, 1.165) is 32.1 Å². The summed E-state index contributed by atoms with van der Waals surface area (Å²) >= 11 is 0. The Morgan fingerprint density at radius 3 is 2.57 bits per heavy atom. The zero-order valence-corrected chi connectivity index (χ0v) is 12.0. The van der Waals surface area contributed by atoms with Crippen molar-refractivity contribution in [3.8, 4) is 0 Å². The van der Waals surface area contributed by atoms with Crippen LogP contribution in [0.25, 0.3) is 0 Å². The Labute approximate surface area is 124 Å². The molecule has 1 aliphatic rings. The summed E-state index contributed by atoms with van der Waals surface area (Å²) in [6.07, 6.45) is 5.85. The van der Waals surface area contributed by atoms with Crippen molar-refractivity contribution in [2.45, 2.75) is 38.1 Å². The molecular formula is C16H22N2O3. The van der Waals surface area contributed by atoms with E-state index in [2.05, 4.69) is 10.6 Å². The summed E-state index contributed by atoms with van der Waals surface area (Å²) < 4.78 is 0. The molecule has 1 saturated carbocycles. The number of nitrogens with one attached hydrogen (secondary N) is 2. The fourth-order valence-corrected chi connectivity index (χ4v) is 2.83. The summed E-state index contributed by atoms with van der Waals surface area (Å²) in [7, 11) is 0. The number of carbonyl (C=O) groups is 2. The molecule has 5 nitrogen and oxygen atoms in total. The second-order valence-corrected chi connectivity index (χ2v) is 5.50. The maximum absolute atomic E-state index is 12.3. The van der Waals surface area contributed by atoms with Crippen molar-refractivity contribution in [3.05, 3.63) is 29.8 Å². The van der Waals surface area contributed by atoms with Crippen LogP contribution < -0.4 is 10.6 Å². The summed E-state index contributed by atoms with van der Waals surface area (Å²) in [5.41, 5.74) is 1.22. The smallest absolute Gasteiger partial charge is 0.251 e. The molecule has 3 N–H and O–H groups in total. The van der Waals surface area contributed by atoms with E-state index in [0.29, 0.717) is 17.7 Å². The average Bonchev–Trinajstić information content (AvgIpc) is 2.73. The van der Waals surface area contributed by atoms with Gasteiger partial charge < -0.3 is 15.7 Å². The largest absolute Gasteiger partial charge is 0.396 e. The average molecular weight is 290 g/mol. The lowest BCUT2D eigenvalue weighted by Crippen LogP contribution is -2.41. The Kier molecular flexibility index (Phi) is 5.75. The van der Waals surface area contributed by atoms with Crippen LogP contribution in [0.5, 0.6) is 0 Å². The Morgan fingerprint density at radius 1 is 1.19 bits per heavy atom. The monoisotopic (exact) mass is 290 g/mol. The first kappa shape index (κ1) is 15.5. The van der Waals surface area contributed by atoms with Crippen LogP contribution in [-0.4, -0.2) is 30.1 Å². The van der Waals surface area contributed by atoms with E-state index < -0.39 is 0 Å². The van der Waals surface area contributed by atoms with Crippen molar-refractivity contribution in [2.24, 2.45) is 5.92 Å². The number of hydrogen-bond acceptors (Lipinski definition) is 3. The number of rotatable bonds is 5. The van der Waals surface area contributed by atoms with E-state index in [4.69, 9.17) is 0 Å². The van der Waals surface area contributed by atoms with E-state index in [1.807, 2.05) is 0 Å². The van der Waals surface area contributed by atoms with Gasteiger partial charge in [0.25, 0.3) is 5.91 Å². The van der Waals surface area contributed by atoms with E-state index >= 15 is 0 Å². The highest BCUT2D eigenvalue weighted by atomic mass is 16.3. The molecule has 0 aliphatic heterocycles. The molecule has 0 saturated heterocycles. The molecule has 0 heterocycles. The van der Waals surface area contributed by atoms with E-state index in [-0.39, 0.29) is 24.5 Å². The van der Waals surface area contributed by atoms with Crippen LogP contribution in [0.2, 0.25) is 0 Å². The minimum absolute atomic E-state index is 0.0396. The van der Waals surface area contributed by atoms with Crippen molar-refractivity contribution in [1.29, 1.82) is 0 Å². The highest BCUT2D eigenvalue weighted by molar-refractivity contribution is 5.94. The fraction of sp³-hybridized carbons (Fsp3) is 0.500. The molecule has 1 aromatic carbocycles. The minimum atomic E-state index is -0.127. The van der Waals surface area contributed by atoms with Crippen LogP contribution in [0.15, 0.2) is 24.3 Å². The maximum Gasteiger partial charge on any atom is 0.251 e. The molecule has 114 valence electrons. The summed E-state index contributed by atoms with van der Waals surface area (Å²) in [6, 6.07) is 6.80. The van der Waals surface area contributed by atoms with Crippen LogP contribution in [0.3, 0.4) is 0 Å². The van der Waals surface area contributed by atoms with Gasteiger partial charge in [-0.3, -0.25) is 9.59 Å². The lowest BCUT2D eigenvalue weighted by atomic mass is 9.95. The molecule has 2 amide bonds. The topological polar surface area (TPSA) is 78.4 Å². The lowest BCUT2D eigenvalue weighted by molar-refractivity contribution is -0.105. The number of benzene rings is 1. The van der Waals surface area contributed by atoms with Gasteiger partial charge in [-0.15, -0.1) is 0 Å². The van der Waals surface area contributed by atoms with Gasteiger partial charge >= 0.3 is 0 Å². The quantitative estimate of drug-likeness (QED) is 0.572. The SMILES string of the molecule is O=CNc1ccc(C(=O)NC2CCCCCC2CO)cc1. The van der Waals surface area contributed by atoms with Crippen molar-refractivity contribution in [2.75, 3.05) is 11.9 Å². The first-order valence-corrected chi connectivity index (χ1v) is 7.46. The molecule has 2 rings (SSSR count). The van der Waals surface area contributed by atoms with Gasteiger partial charge in [0.05, 0.1) is 0 Å². The molecule has 5 heteroatoms. The summed E-state index contributed by atoms with van der Waals surface area (Å²) in [4.78, 5) is 22.6. The highest BCUT2D eigenvalue weighted by Gasteiger charge is 2.24. The zero-order valence-electron chi connectivity index (χ0n) is 12.0. The number of anilines is 1. The predicted molar refractivity (Wildman–Crippen MR) is 81.0 cm³/mol. The van der Waals surface area contributed by atoms with Crippen molar-refractivity contribution >= 4 is 18.0 Å². The Morgan fingerprint density at radius 2 is 1.90 bits per heavy atom. The third kappa shape index (κ3) is 4.29. The second kappa shape index (κ2) is 7.78. The summed E-state index contributed by atoms with van der Waals surface area (Å²) in [5, 5.41) is 15.0. The van der Waals surface area contributed by atoms with E-state index in [1.165, 1.54) is 0 Å². The third-order valence-corrected chi connectivity index (χ3v) is 4.08. The molecule has 2 atom stereocenters. The predicted octanol–water partition coefficient (Wildman–Crippen LogP) is 1.93. The normalized spacial score (nSPS) is 22.1. The van der Waals surface area contributed by atoms with Gasteiger partial charge in [0.1, 0.15) is 0 Å². The first-order chi connectivity index (χ1) is 10.2. The van der Waals surface area contributed by atoms with Crippen molar-refractivity contribution < 1.29 is 14.7 Å². The van der Waals surface area contributed by atoms with Crippen LogP contribution in [0, 0.1) is 5.92 Å².